The third-order valence-corrected chi connectivity index (χ3v) is 3.82. The SMILES string of the molecule is Cc1cc(N(C)C)cnc1-c1cccc(-c2ccccc2)c1. The average Bonchev–Trinajstić information content (AvgIpc) is 2.55. The topological polar surface area (TPSA) is 16.1 Å². The van der Waals surface area contributed by atoms with Crippen LogP contribution < -0.4 is 4.90 Å². The van der Waals surface area contributed by atoms with Crippen LogP contribution in [0.25, 0.3) is 22.4 Å². The maximum atomic E-state index is 4.66. The molecule has 0 unspecified atom stereocenters. The minimum atomic E-state index is 1.04. The molecular formula is C20H20N2. The Bertz CT molecular complexity index is 777. The van der Waals surface area contributed by atoms with E-state index in [1.165, 1.54) is 16.7 Å². The van der Waals surface area contributed by atoms with Crippen LogP contribution in [0.3, 0.4) is 0 Å². The van der Waals surface area contributed by atoms with E-state index in [0.717, 1.165) is 16.9 Å². The molecule has 0 N–H and O–H groups in total. The summed E-state index contributed by atoms with van der Waals surface area (Å²) in [5, 5.41) is 0. The van der Waals surface area contributed by atoms with Crippen molar-refractivity contribution in [1.29, 1.82) is 0 Å². The molecule has 0 bridgehead atoms. The first kappa shape index (κ1) is 14.3. The molecule has 3 aromatic rings. The van der Waals surface area contributed by atoms with Gasteiger partial charge in [0.2, 0.25) is 0 Å². The van der Waals surface area contributed by atoms with Crippen molar-refractivity contribution in [2.24, 2.45) is 0 Å². The third kappa shape index (κ3) is 2.86. The normalized spacial score (nSPS) is 10.5. The van der Waals surface area contributed by atoms with Gasteiger partial charge in [-0.15, -0.1) is 0 Å². The monoisotopic (exact) mass is 288 g/mol. The molecule has 2 heteroatoms. The fourth-order valence-corrected chi connectivity index (χ4v) is 2.58. The molecule has 2 nitrogen and oxygen atoms in total. The van der Waals surface area contributed by atoms with Crippen LogP contribution in [0.2, 0.25) is 0 Å². The molecule has 3 rings (SSSR count). The zero-order valence-electron chi connectivity index (χ0n) is 13.2. The fraction of sp³-hybridized carbons (Fsp3) is 0.150. The van der Waals surface area contributed by atoms with E-state index < -0.39 is 0 Å². The molecule has 2 aromatic carbocycles. The Labute approximate surface area is 132 Å². The second-order valence-electron chi connectivity index (χ2n) is 5.70. The van der Waals surface area contributed by atoms with Gasteiger partial charge in [-0.25, -0.2) is 0 Å². The second-order valence-corrected chi connectivity index (χ2v) is 5.70. The molecule has 0 radical (unpaired) electrons. The van der Waals surface area contributed by atoms with Gasteiger partial charge in [-0.05, 0) is 35.7 Å². The van der Waals surface area contributed by atoms with Gasteiger partial charge < -0.3 is 4.90 Å². The number of anilines is 1. The van der Waals surface area contributed by atoms with E-state index in [1.807, 2.05) is 26.4 Å². The summed E-state index contributed by atoms with van der Waals surface area (Å²) in [7, 11) is 4.07. The lowest BCUT2D eigenvalue weighted by Gasteiger charge is -2.14. The van der Waals surface area contributed by atoms with Gasteiger partial charge in [-0.3, -0.25) is 4.98 Å². The van der Waals surface area contributed by atoms with Crippen LogP contribution in [-0.4, -0.2) is 19.1 Å². The quantitative estimate of drug-likeness (QED) is 0.689. The number of benzene rings is 2. The maximum absolute atomic E-state index is 4.66. The molecule has 0 fully saturated rings. The Balaban J connectivity index is 2.03. The highest BCUT2D eigenvalue weighted by Gasteiger charge is 2.07. The molecule has 22 heavy (non-hydrogen) atoms. The number of pyridine rings is 1. The van der Waals surface area contributed by atoms with Gasteiger partial charge in [-0.1, -0.05) is 48.5 Å². The largest absolute Gasteiger partial charge is 0.376 e. The van der Waals surface area contributed by atoms with Crippen LogP contribution in [0.1, 0.15) is 5.56 Å². The highest BCUT2D eigenvalue weighted by atomic mass is 15.1. The van der Waals surface area contributed by atoms with Gasteiger partial charge in [0.15, 0.2) is 0 Å². The van der Waals surface area contributed by atoms with Gasteiger partial charge >= 0.3 is 0 Å². The van der Waals surface area contributed by atoms with Gasteiger partial charge in [0.1, 0.15) is 0 Å². The van der Waals surface area contributed by atoms with Gasteiger partial charge in [0, 0.05) is 19.7 Å². The first-order valence-electron chi connectivity index (χ1n) is 7.45. The predicted octanol–water partition coefficient (Wildman–Crippen LogP) is 4.79. The maximum Gasteiger partial charge on any atom is 0.0732 e. The van der Waals surface area contributed by atoms with Crippen molar-refractivity contribution in [3.8, 4) is 22.4 Å². The number of hydrogen-bond donors (Lipinski definition) is 0. The van der Waals surface area contributed by atoms with E-state index in [4.69, 9.17) is 0 Å². The molecule has 0 saturated heterocycles. The molecule has 0 aliphatic heterocycles. The molecular weight excluding hydrogens is 268 g/mol. The summed E-state index contributed by atoms with van der Waals surface area (Å²) in [5.41, 5.74) is 6.97. The van der Waals surface area contributed by atoms with Crippen LogP contribution in [0.4, 0.5) is 5.69 Å². The van der Waals surface area contributed by atoms with Crippen LogP contribution in [0.5, 0.6) is 0 Å². The van der Waals surface area contributed by atoms with Crippen molar-refractivity contribution < 1.29 is 0 Å². The summed E-state index contributed by atoms with van der Waals surface area (Å²) >= 11 is 0. The van der Waals surface area contributed by atoms with Crippen molar-refractivity contribution >= 4 is 5.69 Å². The van der Waals surface area contributed by atoms with Crippen LogP contribution >= 0.6 is 0 Å². The third-order valence-electron chi connectivity index (χ3n) is 3.82. The predicted molar refractivity (Wildman–Crippen MR) is 94.2 cm³/mol. The second kappa shape index (κ2) is 6.02. The number of aromatic nitrogens is 1. The van der Waals surface area contributed by atoms with E-state index in [1.54, 1.807) is 0 Å². The highest BCUT2D eigenvalue weighted by molar-refractivity contribution is 5.73. The van der Waals surface area contributed by atoms with E-state index in [2.05, 4.69) is 71.4 Å². The van der Waals surface area contributed by atoms with Gasteiger partial charge in [0.25, 0.3) is 0 Å². The molecule has 0 amide bonds. The van der Waals surface area contributed by atoms with Crippen molar-refractivity contribution in [1.82, 2.24) is 4.98 Å². The smallest absolute Gasteiger partial charge is 0.0732 e. The highest BCUT2D eigenvalue weighted by Crippen LogP contribution is 2.28. The Morgan fingerprint density at radius 1 is 0.773 bits per heavy atom. The Morgan fingerprint density at radius 3 is 2.14 bits per heavy atom. The molecule has 110 valence electrons. The van der Waals surface area contributed by atoms with E-state index in [9.17, 15) is 0 Å². The summed E-state index contributed by atoms with van der Waals surface area (Å²) in [6.07, 6.45) is 1.93. The fourth-order valence-electron chi connectivity index (χ4n) is 2.58. The molecule has 0 spiro atoms. The standard InChI is InChI=1S/C20H20N2/c1-15-12-19(22(2)3)14-21-20(15)18-11-7-10-17(13-18)16-8-5-4-6-9-16/h4-14H,1-3H3. The van der Waals surface area contributed by atoms with Gasteiger partial charge in [-0.2, -0.15) is 0 Å². The van der Waals surface area contributed by atoms with Crippen molar-refractivity contribution in [2.45, 2.75) is 6.92 Å². The zero-order chi connectivity index (χ0) is 15.5. The van der Waals surface area contributed by atoms with Crippen molar-refractivity contribution in [3.05, 3.63) is 72.4 Å². The average molecular weight is 288 g/mol. The minimum Gasteiger partial charge on any atom is -0.376 e. The summed E-state index contributed by atoms with van der Waals surface area (Å²) in [6, 6.07) is 21.2. The first-order chi connectivity index (χ1) is 10.6. The lowest BCUT2D eigenvalue weighted by Crippen LogP contribution is -2.09. The Kier molecular flexibility index (Phi) is 3.92. The lowest BCUT2D eigenvalue weighted by atomic mass is 10.00. The summed E-state index contributed by atoms with van der Waals surface area (Å²) < 4.78 is 0. The number of hydrogen-bond acceptors (Lipinski definition) is 2. The van der Waals surface area contributed by atoms with Crippen molar-refractivity contribution in [3.63, 3.8) is 0 Å². The molecule has 0 aliphatic rings. The summed E-state index contributed by atoms with van der Waals surface area (Å²) in [5.74, 6) is 0. The Morgan fingerprint density at radius 2 is 1.45 bits per heavy atom. The lowest BCUT2D eigenvalue weighted by molar-refractivity contribution is 1.10. The van der Waals surface area contributed by atoms with Crippen LogP contribution in [-0.2, 0) is 0 Å². The first-order valence-corrected chi connectivity index (χ1v) is 7.45. The van der Waals surface area contributed by atoms with E-state index in [-0.39, 0.29) is 0 Å². The number of rotatable bonds is 3. The zero-order valence-corrected chi connectivity index (χ0v) is 13.2. The summed E-state index contributed by atoms with van der Waals surface area (Å²) in [6.45, 7) is 2.12. The number of nitrogens with zero attached hydrogens (tertiary/aromatic N) is 2. The van der Waals surface area contributed by atoms with Crippen LogP contribution in [0, 0.1) is 6.92 Å². The molecule has 0 atom stereocenters. The van der Waals surface area contributed by atoms with Crippen LogP contribution in [0.15, 0.2) is 66.9 Å². The molecule has 0 aliphatic carbocycles. The van der Waals surface area contributed by atoms with E-state index in [0.29, 0.717) is 0 Å². The molecule has 0 saturated carbocycles. The molecule has 1 aromatic heterocycles. The number of aryl methyl sites for hydroxylation is 1. The minimum absolute atomic E-state index is 1.04. The van der Waals surface area contributed by atoms with Gasteiger partial charge in [0.05, 0.1) is 17.6 Å². The summed E-state index contributed by atoms with van der Waals surface area (Å²) in [4.78, 5) is 6.74. The van der Waals surface area contributed by atoms with Crippen molar-refractivity contribution in [2.75, 3.05) is 19.0 Å². The Hall–Kier alpha value is -2.61. The van der Waals surface area contributed by atoms with E-state index >= 15 is 0 Å². The molecule has 1 heterocycles.